The lowest BCUT2D eigenvalue weighted by Crippen LogP contribution is -2.01. The summed E-state index contributed by atoms with van der Waals surface area (Å²) in [5, 5.41) is 11.4. The Bertz CT molecular complexity index is 3820. The molecule has 0 saturated heterocycles. The van der Waals surface area contributed by atoms with E-state index in [0.29, 0.717) is 17.5 Å². The summed E-state index contributed by atoms with van der Waals surface area (Å²) in [5.41, 5.74) is 11.7. The van der Waals surface area contributed by atoms with Crippen molar-refractivity contribution in [2.24, 2.45) is 0 Å². The largest absolute Gasteiger partial charge is 0.456 e. The van der Waals surface area contributed by atoms with Crippen LogP contribution >= 0.6 is 0 Å². The number of fused-ring (bicyclic) bond motifs is 7. The lowest BCUT2D eigenvalue weighted by molar-refractivity contribution is 0.669. The lowest BCUT2D eigenvalue weighted by atomic mass is 9.86. The normalized spacial score (nSPS) is 11.7. The van der Waals surface area contributed by atoms with E-state index in [9.17, 15) is 0 Å². The first-order chi connectivity index (χ1) is 32.2. The van der Waals surface area contributed by atoms with Gasteiger partial charge in [-0.25, -0.2) is 15.0 Å². The molecule has 0 fully saturated rings. The average molecular weight is 828 g/mol. The molecule has 4 heteroatoms. The van der Waals surface area contributed by atoms with Gasteiger partial charge in [0.2, 0.25) is 0 Å². The third-order valence-electron chi connectivity index (χ3n) is 12.9. The van der Waals surface area contributed by atoms with E-state index in [1.807, 2.05) is 36.4 Å². The fraction of sp³-hybridized carbons (Fsp3) is 0. The zero-order valence-electron chi connectivity index (χ0n) is 35.1. The first kappa shape index (κ1) is 36.9. The van der Waals surface area contributed by atoms with E-state index in [-0.39, 0.29) is 0 Å². The fourth-order valence-corrected chi connectivity index (χ4v) is 10.0. The Hall–Kier alpha value is -8.73. The van der Waals surface area contributed by atoms with Crippen molar-refractivity contribution in [1.82, 2.24) is 15.0 Å². The topological polar surface area (TPSA) is 51.8 Å². The van der Waals surface area contributed by atoms with Gasteiger partial charge in [0.05, 0.1) is 0 Å². The maximum atomic E-state index is 6.75. The highest BCUT2D eigenvalue weighted by Crippen LogP contribution is 2.47. The van der Waals surface area contributed by atoms with E-state index in [0.717, 1.165) is 76.9 Å². The Morgan fingerprint density at radius 3 is 1.03 bits per heavy atom. The number of nitrogens with zero attached hydrogens (tertiary/aromatic N) is 3. The molecule has 11 aromatic carbocycles. The van der Waals surface area contributed by atoms with Gasteiger partial charge in [0, 0.05) is 27.5 Å². The molecule has 0 spiro atoms. The predicted octanol–water partition coefficient (Wildman–Crippen LogP) is 16.4. The average Bonchev–Trinajstić information content (AvgIpc) is 3.75. The summed E-state index contributed by atoms with van der Waals surface area (Å²) >= 11 is 0. The van der Waals surface area contributed by atoms with E-state index < -0.39 is 0 Å². The van der Waals surface area contributed by atoms with Crippen LogP contribution < -0.4 is 0 Å². The molecule has 0 atom stereocenters. The highest BCUT2D eigenvalue weighted by molar-refractivity contribution is 6.23. The van der Waals surface area contributed by atoms with Crippen molar-refractivity contribution < 1.29 is 4.42 Å². The molecule has 302 valence electrons. The molecule has 4 nitrogen and oxygen atoms in total. The molecule has 13 aromatic rings. The van der Waals surface area contributed by atoms with Gasteiger partial charge in [0.1, 0.15) is 11.2 Å². The fourth-order valence-electron chi connectivity index (χ4n) is 10.0. The molecule has 0 unspecified atom stereocenters. The quantitative estimate of drug-likeness (QED) is 0.157. The molecule has 2 heterocycles. The van der Waals surface area contributed by atoms with Crippen LogP contribution in [0.3, 0.4) is 0 Å². The van der Waals surface area contributed by atoms with Crippen LogP contribution in [0, 0.1) is 0 Å². The van der Waals surface area contributed by atoms with E-state index in [2.05, 4.69) is 188 Å². The number of hydrogen-bond acceptors (Lipinski definition) is 4. The molecule has 0 saturated carbocycles. The zero-order valence-corrected chi connectivity index (χ0v) is 35.1. The second kappa shape index (κ2) is 15.0. The molecular weight excluding hydrogens is 791 g/mol. The Labute approximate surface area is 374 Å². The number of aromatic nitrogens is 3. The van der Waals surface area contributed by atoms with Crippen molar-refractivity contribution in [2.45, 2.75) is 0 Å². The monoisotopic (exact) mass is 827 g/mol. The Balaban J connectivity index is 0.996. The summed E-state index contributed by atoms with van der Waals surface area (Å²) < 4.78 is 6.75. The van der Waals surface area contributed by atoms with Gasteiger partial charge in [-0.05, 0) is 101 Å². The maximum Gasteiger partial charge on any atom is 0.165 e. The van der Waals surface area contributed by atoms with Crippen molar-refractivity contribution in [3.63, 3.8) is 0 Å². The van der Waals surface area contributed by atoms with Crippen LogP contribution in [0.15, 0.2) is 229 Å². The van der Waals surface area contributed by atoms with Crippen LogP contribution in [0.25, 0.3) is 133 Å². The van der Waals surface area contributed by atoms with Gasteiger partial charge in [-0.3, -0.25) is 0 Å². The molecule has 13 rings (SSSR count). The maximum absolute atomic E-state index is 6.75. The summed E-state index contributed by atoms with van der Waals surface area (Å²) in [4.78, 5) is 15.4. The Morgan fingerprint density at radius 1 is 0.215 bits per heavy atom. The predicted molar refractivity (Wildman–Crippen MR) is 270 cm³/mol. The molecule has 0 radical (unpaired) electrons. The summed E-state index contributed by atoms with van der Waals surface area (Å²) in [6.45, 7) is 0. The van der Waals surface area contributed by atoms with Gasteiger partial charge in [0.15, 0.2) is 17.5 Å². The van der Waals surface area contributed by atoms with Gasteiger partial charge in [-0.1, -0.05) is 200 Å². The third-order valence-corrected chi connectivity index (χ3v) is 12.9. The molecule has 0 amide bonds. The van der Waals surface area contributed by atoms with Crippen LogP contribution in [-0.4, -0.2) is 15.0 Å². The first-order valence-electron chi connectivity index (χ1n) is 22.0. The standard InChI is InChI=1S/C61H37N3O/c1-4-18-38(19-5-1)55-44-24-10-12-26-46(44)57(47-27-13-11-25-45(47)55)42-32-34-43-52-36-41(33-35-53(52)65-54(43)37-42)56-48-28-14-16-30-50(48)58(51-31-17-15-29-49(51)56)61-63-59(39-20-6-2-7-21-39)62-60(64-61)40-22-8-3-9-23-40/h1-37H. The van der Waals surface area contributed by atoms with Gasteiger partial charge in [-0.15, -0.1) is 0 Å². The van der Waals surface area contributed by atoms with Crippen LogP contribution in [0.5, 0.6) is 0 Å². The summed E-state index contributed by atoms with van der Waals surface area (Å²) in [7, 11) is 0. The van der Waals surface area contributed by atoms with Crippen molar-refractivity contribution >= 4 is 65.0 Å². The van der Waals surface area contributed by atoms with Crippen molar-refractivity contribution in [2.75, 3.05) is 0 Å². The van der Waals surface area contributed by atoms with Gasteiger partial charge in [0.25, 0.3) is 0 Å². The number of hydrogen-bond donors (Lipinski definition) is 0. The highest BCUT2D eigenvalue weighted by Gasteiger charge is 2.22. The van der Waals surface area contributed by atoms with E-state index in [4.69, 9.17) is 19.4 Å². The second-order valence-corrected chi connectivity index (χ2v) is 16.6. The van der Waals surface area contributed by atoms with Crippen LogP contribution in [-0.2, 0) is 0 Å². The Morgan fingerprint density at radius 2 is 0.569 bits per heavy atom. The zero-order chi connectivity index (χ0) is 42.8. The minimum atomic E-state index is 0.637. The SMILES string of the molecule is c1ccc(-c2nc(-c3ccccc3)nc(-c3c4ccccc4c(-c4ccc5oc6cc(-c7c8ccccc8c(-c8ccccc8)c8ccccc78)ccc6c5c4)c4ccccc34)n2)cc1. The highest BCUT2D eigenvalue weighted by atomic mass is 16.3. The summed E-state index contributed by atoms with van der Waals surface area (Å²) in [6.07, 6.45) is 0. The van der Waals surface area contributed by atoms with E-state index in [1.165, 1.54) is 38.2 Å². The number of furan rings is 1. The third kappa shape index (κ3) is 6.03. The molecule has 0 N–H and O–H groups in total. The summed E-state index contributed by atoms with van der Waals surface area (Å²) in [6, 6.07) is 79.3. The Kier molecular flexibility index (Phi) is 8.50. The van der Waals surface area contributed by atoms with Crippen LogP contribution in [0.4, 0.5) is 0 Å². The molecule has 0 bridgehead atoms. The molecular formula is C61H37N3O. The molecule has 65 heavy (non-hydrogen) atoms. The lowest BCUT2D eigenvalue weighted by Gasteiger charge is -2.17. The van der Waals surface area contributed by atoms with Crippen molar-refractivity contribution in [3.05, 3.63) is 224 Å². The smallest absolute Gasteiger partial charge is 0.165 e. The second-order valence-electron chi connectivity index (χ2n) is 16.6. The summed E-state index contributed by atoms with van der Waals surface area (Å²) in [5.74, 6) is 1.91. The van der Waals surface area contributed by atoms with Gasteiger partial charge in [-0.2, -0.15) is 0 Å². The van der Waals surface area contributed by atoms with Gasteiger partial charge >= 0.3 is 0 Å². The van der Waals surface area contributed by atoms with Crippen molar-refractivity contribution in [3.8, 4) is 67.5 Å². The first-order valence-corrected chi connectivity index (χ1v) is 22.0. The van der Waals surface area contributed by atoms with Gasteiger partial charge < -0.3 is 4.42 Å². The van der Waals surface area contributed by atoms with Crippen LogP contribution in [0.1, 0.15) is 0 Å². The molecule has 0 aliphatic carbocycles. The molecule has 0 aliphatic heterocycles. The van der Waals surface area contributed by atoms with Crippen molar-refractivity contribution in [1.29, 1.82) is 0 Å². The van der Waals surface area contributed by atoms with E-state index in [1.54, 1.807) is 0 Å². The van der Waals surface area contributed by atoms with Crippen LogP contribution in [0.2, 0.25) is 0 Å². The number of rotatable bonds is 6. The molecule has 0 aliphatic rings. The molecule has 2 aromatic heterocycles. The minimum Gasteiger partial charge on any atom is -0.456 e. The van der Waals surface area contributed by atoms with E-state index >= 15 is 0 Å². The minimum absolute atomic E-state index is 0.637. The number of benzene rings is 11.